The van der Waals surface area contributed by atoms with Crippen LogP contribution in [0.25, 0.3) is 0 Å². The van der Waals surface area contributed by atoms with E-state index in [9.17, 15) is 13.2 Å². The van der Waals surface area contributed by atoms with E-state index >= 15 is 0 Å². The summed E-state index contributed by atoms with van der Waals surface area (Å²) in [6.07, 6.45) is -2.52. The first-order valence-electron chi connectivity index (χ1n) is 4.96. The first kappa shape index (κ1) is 11.8. The van der Waals surface area contributed by atoms with Gasteiger partial charge in [0.15, 0.2) is 0 Å². The lowest BCUT2D eigenvalue weighted by molar-refractivity contribution is -0.181. The Hall–Kier alpha value is -0.290. The van der Waals surface area contributed by atoms with Gasteiger partial charge in [-0.2, -0.15) is 13.2 Å². The predicted molar refractivity (Wildman–Crippen MR) is 48.9 cm³/mol. The zero-order valence-electron chi connectivity index (χ0n) is 8.35. The summed E-state index contributed by atoms with van der Waals surface area (Å²) >= 11 is 0. The lowest BCUT2D eigenvalue weighted by Gasteiger charge is -2.36. The molecule has 1 heterocycles. The Labute approximate surface area is 82.2 Å². The predicted octanol–water partition coefficient (Wildman–Crippen LogP) is 1.61. The van der Waals surface area contributed by atoms with Crippen LogP contribution in [-0.2, 0) is 0 Å². The summed E-state index contributed by atoms with van der Waals surface area (Å²) in [6.45, 7) is 2.85. The number of nitrogens with zero attached hydrogens (tertiary/aromatic N) is 1. The van der Waals surface area contributed by atoms with E-state index in [0.29, 0.717) is 25.6 Å². The van der Waals surface area contributed by atoms with E-state index in [1.165, 1.54) is 11.8 Å². The van der Waals surface area contributed by atoms with E-state index in [-0.39, 0.29) is 0 Å². The summed E-state index contributed by atoms with van der Waals surface area (Å²) in [5.74, 6) is 0.409. The second-order valence-electron chi connectivity index (χ2n) is 3.93. The van der Waals surface area contributed by atoms with Crippen molar-refractivity contribution < 1.29 is 13.2 Å². The summed E-state index contributed by atoms with van der Waals surface area (Å²) < 4.78 is 37.0. The summed E-state index contributed by atoms with van der Waals surface area (Å²) in [7, 11) is 0. The van der Waals surface area contributed by atoms with E-state index < -0.39 is 12.2 Å². The number of piperidine rings is 1. The minimum absolute atomic E-state index is 0.409. The van der Waals surface area contributed by atoms with E-state index in [4.69, 9.17) is 5.73 Å². The number of rotatable bonds is 2. The molecule has 0 amide bonds. The highest BCUT2D eigenvalue weighted by molar-refractivity contribution is 4.80. The van der Waals surface area contributed by atoms with Crippen LogP contribution in [0.3, 0.4) is 0 Å². The summed E-state index contributed by atoms with van der Waals surface area (Å²) in [5, 5.41) is 0. The highest BCUT2D eigenvalue weighted by atomic mass is 19.4. The third-order valence-electron chi connectivity index (χ3n) is 3.00. The van der Waals surface area contributed by atoms with Gasteiger partial charge in [-0.05, 0) is 45.3 Å². The smallest absolute Gasteiger partial charge is 0.330 e. The molecular weight excluding hydrogens is 193 g/mol. The third kappa shape index (κ3) is 2.85. The van der Waals surface area contributed by atoms with Crippen LogP contribution < -0.4 is 5.73 Å². The summed E-state index contributed by atoms with van der Waals surface area (Å²) in [6, 6.07) is -1.32. The summed E-state index contributed by atoms with van der Waals surface area (Å²) in [4.78, 5) is 1.49. The first-order chi connectivity index (χ1) is 6.45. The largest absolute Gasteiger partial charge is 0.403 e. The van der Waals surface area contributed by atoms with Crippen molar-refractivity contribution in [2.24, 2.45) is 11.7 Å². The number of hydrogen-bond donors (Lipinski definition) is 1. The standard InChI is InChI=1S/C9H17F3N2/c1-7(9(10,11)12)14-4-2-8(6-13)3-5-14/h7-8H,2-6,13H2,1H3. The van der Waals surface area contributed by atoms with Crippen LogP contribution in [0.15, 0.2) is 0 Å². The van der Waals surface area contributed by atoms with Crippen LogP contribution in [0.5, 0.6) is 0 Å². The van der Waals surface area contributed by atoms with E-state index in [0.717, 1.165) is 12.8 Å². The molecule has 1 rings (SSSR count). The highest BCUT2D eigenvalue weighted by Crippen LogP contribution is 2.27. The van der Waals surface area contributed by atoms with Crippen molar-refractivity contribution in [3.8, 4) is 0 Å². The van der Waals surface area contributed by atoms with Gasteiger partial charge in [0, 0.05) is 0 Å². The maximum absolute atomic E-state index is 12.3. The number of hydrogen-bond acceptors (Lipinski definition) is 2. The molecule has 1 atom stereocenters. The SMILES string of the molecule is CC(N1CCC(CN)CC1)C(F)(F)F. The minimum Gasteiger partial charge on any atom is -0.330 e. The number of nitrogens with two attached hydrogens (primary N) is 1. The maximum Gasteiger partial charge on any atom is 0.403 e. The molecule has 1 saturated heterocycles. The van der Waals surface area contributed by atoms with Gasteiger partial charge in [-0.1, -0.05) is 0 Å². The van der Waals surface area contributed by atoms with Gasteiger partial charge in [-0.25, -0.2) is 0 Å². The van der Waals surface area contributed by atoms with Gasteiger partial charge < -0.3 is 5.73 Å². The van der Waals surface area contributed by atoms with Gasteiger partial charge in [-0.15, -0.1) is 0 Å². The van der Waals surface area contributed by atoms with E-state index in [1.807, 2.05) is 0 Å². The van der Waals surface area contributed by atoms with Gasteiger partial charge >= 0.3 is 6.18 Å². The monoisotopic (exact) mass is 210 g/mol. The molecule has 0 spiro atoms. The molecule has 2 N–H and O–H groups in total. The van der Waals surface area contributed by atoms with E-state index in [1.54, 1.807) is 0 Å². The number of alkyl halides is 3. The molecule has 0 aromatic rings. The topological polar surface area (TPSA) is 29.3 Å². The van der Waals surface area contributed by atoms with Crippen molar-refractivity contribution in [2.45, 2.75) is 32.0 Å². The fraction of sp³-hybridized carbons (Fsp3) is 1.00. The fourth-order valence-electron chi connectivity index (χ4n) is 1.78. The van der Waals surface area contributed by atoms with Crippen LogP contribution in [-0.4, -0.2) is 36.8 Å². The molecule has 5 heteroatoms. The van der Waals surface area contributed by atoms with Crippen LogP contribution in [0.4, 0.5) is 13.2 Å². The Balaban J connectivity index is 2.42. The van der Waals surface area contributed by atoms with Gasteiger partial charge in [0.2, 0.25) is 0 Å². The van der Waals surface area contributed by atoms with Crippen molar-refractivity contribution in [1.82, 2.24) is 4.90 Å². The molecule has 0 radical (unpaired) electrons. The zero-order valence-corrected chi connectivity index (χ0v) is 8.35. The Kier molecular flexibility index (Phi) is 3.78. The third-order valence-corrected chi connectivity index (χ3v) is 3.00. The molecular formula is C9H17F3N2. The molecule has 1 aliphatic rings. The van der Waals surface area contributed by atoms with Gasteiger partial charge in [0.05, 0.1) is 0 Å². The van der Waals surface area contributed by atoms with Crippen LogP contribution in [0, 0.1) is 5.92 Å². The second kappa shape index (κ2) is 4.49. The zero-order chi connectivity index (χ0) is 10.8. The molecule has 1 aliphatic heterocycles. The Bertz CT molecular complexity index is 173. The van der Waals surface area contributed by atoms with Crippen molar-refractivity contribution in [3.05, 3.63) is 0 Å². The maximum atomic E-state index is 12.3. The lowest BCUT2D eigenvalue weighted by Crippen LogP contribution is -2.48. The van der Waals surface area contributed by atoms with Crippen molar-refractivity contribution in [3.63, 3.8) is 0 Å². The molecule has 84 valence electrons. The quantitative estimate of drug-likeness (QED) is 0.750. The molecule has 1 unspecified atom stereocenters. The van der Waals surface area contributed by atoms with Crippen LogP contribution in [0.1, 0.15) is 19.8 Å². The van der Waals surface area contributed by atoms with Gasteiger partial charge in [0.1, 0.15) is 6.04 Å². The fourth-order valence-corrected chi connectivity index (χ4v) is 1.78. The van der Waals surface area contributed by atoms with E-state index in [2.05, 4.69) is 0 Å². The normalized spacial score (nSPS) is 23.8. The van der Waals surface area contributed by atoms with Gasteiger partial charge in [0.25, 0.3) is 0 Å². The van der Waals surface area contributed by atoms with Crippen LogP contribution in [0.2, 0.25) is 0 Å². The van der Waals surface area contributed by atoms with Gasteiger partial charge in [-0.3, -0.25) is 4.90 Å². The molecule has 1 fully saturated rings. The number of likely N-dealkylation sites (tertiary alicyclic amines) is 1. The molecule has 0 aliphatic carbocycles. The highest BCUT2D eigenvalue weighted by Gasteiger charge is 2.40. The molecule has 0 aromatic heterocycles. The average Bonchev–Trinajstić information content (AvgIpc) is 2.15. The first-order valence-corrected chi connectivity index (χ1v) is 4.96. The van der Waals surface area contributed by atoms with Crippen molar-refractivity contribution in [1.29, 1.82) is 0 Å². The van der Waals surface area contributed by atoms with Crippen molar-refractivity contribution >= 4 is 0 Å². The lowest BCUT2D eigenvalue weighted by atomic mass is 9.96. The van der Waals surface area contributed by atoms with Crippen LogP contribution >= 0.6 is 0 Å². The molecule has 0 aromatic carbocycles. The molecule has 14 heavy (non-hydrogen) atoms. The Morgan fingerprint density at radius 3 is 2.21 bits per heavy atom. The molecule has 0 saturated carbocycles. The molecule has 0 bridgehead atoms. The Morgan fingerprint density at radius 2 is 1.86 bits per heavy atom. The Morgan fingerprint density at radius 1 is 1.36 bits per heavy atom. The number of halogens is 3. The minimum atomic E-state index is -4.10. The second-order valence-corrected chi connectivity index (χ2v) is 3.93. The molecule has 2 nitrogen and oxygen atoms in total. The van der Waals surface area contributed by atoms with Crippen molar-refractivity contribution in [2.75, 3.05) is 19.6 Å². The summed E-state index contributed by atoms with van der Waals surface area (Å²) in [5.41, 5.74) is 5.47. The average molecular weight is 210 g/mol.